The number of fused-ring (bicyclic) bond motifs is 2. The lowest BCUT2D eigenvalue weighted by Crippen LogP contribution is -2.26. The smallest absolute Gasteiger partial charge is 0.410 e. The lowest BCUT2D eigenvalue weighted by molar-refractivity contribution is 0.0849. The Morgan fingerprint density at radius 3 is 2.68 bits per heavy atom. The first-order chi connectivity index (χ1) is 18.4. The maximum atomic E-state index is 12.9. The van der Waals surface area contributed by atoms with Crippen LogP contribution in [-0.4, -0.2) is 56.4 Å². The first-order valence-corrected chi connectivity index (χ1v) is 12.5. The highest BCUT2D eigenvalue weighted by molar-refractivity contribution is 7.21. The van der Waals surface area contributed by atoms with Crippen molar-refractivity contribution in [3.05, 3.63) is 66.2 Å². The van der Waals surface area contributed by atoms with Gasteiger partial charge < -0.3 is 29.4 Å². The number of ether oxygens (including phenoxy) is 3. The molecule has 0 spiro atoms. The van der Waals surface area contributed by atoms with E-state index in [0.29, 0.717) is 49.8 Å². The highest BCUT2D eigenvalue weighted by Crippen LogP contribution is 2.44. The molecule has 0 radical (unpaired) electrons. The van der Waals surface area contributed by atoms with Crippen molar-refractivity contribution in [2.75, 3.05) is 26.6 Å². The topological polar surface area (TPSA) is 131 Å². The normalized spacial score (nSPS) is 13.0. The third kappa shape index (κ3) is 3.95. The molecule has 3 aromatic heterocycles. The van der Waals surface area contributed by atoms with Gasteiger partial charge in [-0.05, 0) is 6.07 Å². The lowest BCUT2D eigenvalue weighted by atomic mass is 10.1. The summed E-state index contributed by atoms with van der Waals surface area (Å²) in [6.07, 6.45) is -0.0105. The van der Waals surface area contributed by atoms with E-state index in [4.69, 9.17) is 29.9 Å². The van der Waals surface area contributed by atoms with Gasteiger partial charge in [-0.25, -0.2) is 24.7 Å². The molecule has 0 saturated carbocycles. The van der Waals surface area contributed by atoms with Crippen molar-refractivity contribution in [3.8, 4) is 33.5 Å². The number of nitrogens with two attached hydrogens (primary N) is 1. The van der Waals surface area contributed by atoms with Crippen LogP contribution >= 0.6 is 11.3 Å². The predicted molar refractivity (Wildman–Crippen MR) is 142 cm³/mol. The molecule has 5 aromatic rings. The van der Waals surface area contributed by atoms with Crippen LogP contribution < -0.4 is 15.2 Å². The highest BCUT2D eigenvalue weighted by Gasteiger charge is 2.33. The summed E-state index contributed by atoms with van der Waals surface area (Å²) in [5.74, 6) is 1.87. The molecular weight excluding hydrogens is 506 g/mol. The molecule has 1 aliphatic rings. The molecule has 0 aliphatic carbocycles. The van der Waals surface area contributed by atoms with Crippen molar-refractivity contribution in [1.82, 2.24) is 29.4 Å². The molecule has 1 atom stereocenters. The predicted octanol–water partition coefficient (Wildman–Crippen LogP) is 4.25. The van der Waals surface area contributed by atoms with E-state index in [0.717, 1.165) is 11.3 Å². The van der Waals surface area contributed by atoms with Gasteiger partial charge in [0, 0.05) is 32.3 Å². The minimum absolute atomic E-state index is 0.0793. The van der Waals surface area contributed by atoms with Gasteiger partial charge in [-0.3, -0.25) is 0 Å². The van der Waals surface area contributed by atoms with Crippen molar-refractivity contribution in [1.29, 1.82) is 0 Å². The van der Waals surface area contributed by atoms with Gasteiger partial charge in [0.05, 0.1) is 5.69 Å². The Kier molecular flexibility index (Phi) is 5.80. The summed E-state index contributed by atoms with van der Waals surface area (Å²) >= 11 is 1.38. The summed E-state index contributed by atoms with van der Waals surface area (Å²) in [4.78, 5) is 33.1. The second-order valence-electron chi connectivity index (χ2n) is 8.76. The van der Waals surface area contributed by atoms with Crippen LogP contribution in [0.4, 0.5) is 10.6 Å². The molecule has 4 heterocycles. The molecule has 192 valence electrons. The van der Waals surface area contributed by atoms with Crippen LogP contribution in [0.25, 0.3) is 32.3 Å². The fourth-order valence-corrected chi connectivity index (χ4v) is 5.28. The molecule has 2 aromatic carbocycles. The Morgan fingerprint density at radius 2 is 1.92 bits per heavy atom. The maximum Gasteiger partial charge on any atom is 0.410 e. The average molecular weight is 530 g/mol. The Hall–Kier alpha value is -4.71. The molecule has 0 saturated heterocycles. The number of thiazole rings is 1. The molecule has 38 heavy (non-hydrogen) atoms. The zero-order valence-corrected chi connectivity index (χ0v) is 21.6. The van der Waals surface area contributed by atoms with Crippen LogP contribution in [0.5, 0.6) is 11.5 Å². The summed E-state index contributed by atoms with van der Waals surface area (Å²) in [5.41, 5.74) is 9.50. The number of carbonyl (C=O) groups excluding carboxylic acids is 1. The number of nitrogen functional groups attached to an aromatic ring is 1. The number of imidazole rings is 1. The number of nitrogens with zero attached hydrogens (tertiary/aromatic N) is 6. The van der Waals surface area contributed by atoms with E-state index in [9.17, 15) is 4.79 Å². The number of benzene rings is 2. The number of aromatic nitrogens is 5. The molecule has 1 unspecified atom stereocenters. The highest BCUT2D eigenvalue weighted by atomic mass is 32.1. The number of para-hydroxylation sites is 1. The van der Waals surface area contributed by atoms with Crippen molar-refractivity contribution in [2.24, 2.45) is 7.05 Å². The van der Waals surface area contributed by atoms with E-state index in [2.05, 4.69) is 9.97 Å². The van der Waals surface area contributed by atoms with E-state index < -0.39 is 12.2 Å². The number of carbonyl (C=O) groups is 1. The van der Waals surface area contributed by atoms with Crippen LogP contribution in [0.1, 0.15) is 17.5 Å². The number of anilines is 1. The van der Waals surface area contributed by atoms with Gasteiger partial charge in [0.25, 0.3) is 0 Å². The average Bonchev–Trinajstić information content (AvgIpc) is 3.65. The third-order valence-electron chi connectivity index (χ3n) is 6.13. The molecule has 2 N–H and O–H groups in total. The van der Waals surface area contributed by atoms with Crippen LogP contribution in [0.3, 0.4) is 0 Å². The zero-order chi connectivity index (χ0) is 26.4. The molecular formula is C26H23N7O4S. The lowest BCUT2D eigenvalue weighted by Gasteiger charge is -2.21. The van der Waals surface area contributed by atoms with Gasteiger partial charge >= 0.3 is 6.09 Å². The van der Waals surface area contributed by atoms with E-state index in [1.54, 1.807) is 14.1 Å². The molecule has 11 nitrogen and oxygen atoms in total. The van der Waals surface area contributed by atoms with Crippen LogP contribution in [0.2, 0.25) is 0 Å². The van der Waals surface area contributed by atoms with Gasteiger partial charge in [-0.2, -0.15) is 0 Å². The summed E-state index contributed by atoms with van der Waals surface area (Å²) in [6.45, 7) is 0.0793. The van der Waals surface area contributed by atoms with E-state index in [-0.39, 0.29) is 6.79 Å². The summed E-state index contributed by atoms with van der Waals surface area (Å²) < 4.78 is 19.3. The number of hydrogen-bond acceptors (Lipinski definition) is 10. The van der Waals surface area contributed by atoms with Crippen molar-refractivity contribution < 1.29 is 19.0 Å². The van der Waals surface area contributed by atoms with Crippen LogP contribution in [0.15, 0.2) is 54.9 Å². The van der Waals surface area contributed by atoms with Gasteiger partial charge in [0.1, 0.15) is 27.4 Å². The SMILES string of the molecule is CN(C)C(=O)OC(c1cccc2c1OCO2)c1nc(-c2ccccc2)c(-c2nc3c(N)ncnc3s2)n1C. The summed E-state index contributed by atoms with van der Waals surface area (Å²) in [7, 11) is 5.11. The first kappa shape index (κ1) is 23.7. The molecule has 6 rings (SSSR count). The van der Waals surface area contributed by atoms with E-state index in [1.165, 1.54) is 22.6 Å². The second kappa shape index (κ2) is 9.30. The number of hydrogen-bond donors (Lipinski definition) is 1. The standard InChI is InChI=1S/C26H23N7O4S/c1-32(2)26(34)37-21(15-10-7-11-16-20(15)36-13-35-16)23-30-17(14-8-5-4-6-9-14)19(33(23)3)25-31-18-22(27)28-12-29-24(18)38-25/h4-12,21H,13H2,1-3H3,(H2,27,28,29). The number of rotatable bonds is 5. The molecule has 0 fully saturated rings. The molecule has 1 amide bonds. The van der Waals surface area contributed by atoms with Crippen LogP contribution in [0, 0.1) is 0 Å². The Balaban J connectivity index is 1.59. The second-order valence-corrected chi connectivity index (χ2v) is 9.74. The minimum Gasteiger partial charge on any atom is -0.454 e. The van der Waals surface area contributed by atoms with Crippen molar-refractivity contribution >= 4 is 33.6 Å². The van der Waals surface area contributed by atoms with Crippen molar-refractivity contribution in [3.63, 3.8) is 0 Å². The first-order valence-electron chi connectivity index (χ1n) is 11.7. The Labute approximate surface area is 221 Å². The minimum atomic E-state index is -0.901. The van der Waals surface area contributed by atoms with Crippen LogP contribution in [-0.2, 0) is 11.8 Å². The molecule has 12 heteroatoms. The van der Waals surface area contributed by atoms with E-state index >= 15 is 0 Å². The monoisotopic (exact) mass is 529 g/mol. The third-order valence-corrected chi connectivity index (χ3v) is 7.10. The maximum absolute atomic E-state index is 12.9. The summed E-state index contributed by atoms with van der Waals surface area (Å²) in [5, 5.41) is 0.655. The van der Waals surface area contributed by atoms with Gasteiger partial charge in [0.2, 0.25) is 6.79 Å². The Bertz CT molecular complexity index is 1670. The quantitative estimate of drug-likeness (QED) is 0.355. The van der Waals surface area contributed by atoms with Gasteiger partial charge in [-0.1, -0.05) is 53.8 Å². The number of amides is 1. The fourth-order valence-electron chi connectivity index (χ4n) is 4.29. The van der Waals surface area contributed by atoms with Gasteiger partial charge in [0.15, 0.2) is 29.2 Å². The van der Waals surface area contributed by atoms with Gasteiger partial charge in [-0.15, -0.1) is 0 Å². The molecule has 1 aliphatic heterocycles. The van der Waals surface area contributed by atoms with E-state index in [1.807, 2.05) is 60.1 Å². The van der Waals surface area contributed by atoms with Crippen molar-refractivity contribution in [2.45, 2.75) is 6.10 Å². The fraction of sp³-hybridized carbons (Fsp3) is 0.192. The molecule has 0 bridgehead atoms. The largest absolute Gasteiger partial charge is 0.454 e. The summed E-state index contributed by atoms with van der Waals surface area (Å²) in [6, 6.07) is 15.2. The Morgan fingerprint density at radius 1 is 1.11 bits per heavy atom. The zero-order valence-electron chi connectivity index (χ0n) is 20.8.